The van der Waals surface area contributed by atoms with Crippen LogP contribution in [-0.4, -0.2) is 86.0 Å². The lowest BCUT2D eigenvalue weighted by Crippen LogP contribution is -2.35. The molecule has 0 unspecified atom stereocenters. The Balaban J connectivity index is 1.37. The highest BCUT2D eigenvalue weighted by molar-refractivity contribution is 7.89. The largest absolute Gasteiger partial charge is 0.492 e. The number of fused-ring (bicyclic) bond motifs is 2. The van der Waals surface area contributed by atoms with Crippen molar-refractivity contribution < 1.29 is 58.8 Å². The predicted octanol–water partition coefficient (Wildman–Crippen LogP) is 5.03. The average Bonchev–Trinajstić information content (AvgIpc) is 3.72. The summed E-state index contributed by atoms with van der Waals surface area (Å²) in [6.45, 7) is 4.82. The highest BCUT2D eigenvalue weighted by Gasteiger charge is 2.40. The van der Waals surface area contributed by atoms with Crippen molar-refractivity contribution in [1.82, 2.24) is 9.04 Å². The quantitative estimate of drug-likeness (QED) is 0.0446. The van der Waals surface area contributed by atoms with Crippen LogP contribution in [0.3, 0.4) is 0 Å². The van der Waals surface area contributed by atoms with Crippen LogP contribution in [0.15, 0.2) is 88.3 Å². The van der Waals surface area contributed by atoms with Crippen LogP contribution in [0.1, 0.15) is 62.9 Å². The Morgan fingerprint density at radius 3 is 2.21 bits per heavy atom. The Labute approximate surface area is 342 Å². The minimum absolute atomic E-state index is 0.0370. The van der Waals surface area contributed by atoms with Crippen molar-refractivity contribution in [2.45, 2.75) is 74.1 Å². The van der Waals surface area contributed by atoms with E-state index >= 15 is 0 Å². The van der Waals surface area contributed by atoms with Gasteiger partial charge in [0.15, 0.2) is 6.54 Å². The number of allylic oxidation sites excluding steroid dienone is 5. The number of aromatic hydroxyl groups is 2. The molecular weight excluding hydrogens is 833 g/mol. The van der Waals surface area contributed by atoms with Crippen LogP contribution in [-0.2, 0) is 47.0 Å². The second-order valence-corrected chi connectivity index (χ2v) is 20.6. The van der Waals surface area contributed by atoms with E-state index in [1.165, 1.54) is 55.8 Å². The number of carbonyl (C=O) groups excluding carboxylic acids is 1. The topological polar surface area (TPSA) is 225 Å². The molecule has 314 valence electrons. The fourth-order valence-electron chi connectivity index (χ4n) is 6.63. The van der Waals surface area contributed by atoms with E-state index in [2.05, 4.69) is 4.90 Å². The summed E-state index contributed by atoms with van der Waals surface area (Å²) in [6, 6.07) is 11.7. The molecule has 2 aromatic heterocycles. The molecule has 0 bridgehead atoms. The van der Waals surface area contributed by atoms with Gasteiger partial charge in [0, 0.05) is 74.6 Å². The summed E-state index contributed by atoms with van der Waals surface area (Å²) in [5.74, 6) is -1.83. The minimum Gasteiger partial charge on any atom is -0.492 e. The zero-order valence-corrected chi connectivity index (χ0v) is 35.6. The number of hydrogen-bond donors (Lipinski definition) is 4. The fraction of sp³-hybridized carbons (Fsp3) is 0.368. The molecular formula is C38H47N4O12S4+. The number of carbonyl (C=O) groups is 1. The first-order chi connectivity index (χ1) is 27.1. The molecule has 3 heterocycles. The number of rotatable bonds is 18. The summed E-state index contributed by atoms with van der Waals surface area (Å²) < 4.78 is 95.9. The van der Waals surface area contributed by atoms with E-state index in [9.17, 15) is 49.4 Å². The van der Waals surface area contributed by atoms with Gasteiger partial charge in [0.25, 0.3) is 25.2 Å². The van der Waals surface area contributed by atoms with Crippen LogP contribution in [0.25, 0.3) is 16.3 Å². The molecule has 0 aliphatic carbocycles. The van der Waals surface area contributed by atoms with Gasteiger partial charge in [-0.05, 0) is 61.2 Å². The van der Waals surface area contributed by atoms with E-state index in [4.69, 9.17) is 4.84 Å². The average molecular weight is 880 g/mol. The number of nitrogens with zero attached hydrogens (tertiary/aromatic N) is 4. The molecule has 5 rings (SSSR count). The fourth-order valence-corrected chi connectivity index (χ4v) is 9.85. The molecule has 4 N–H and O–H groups in total. The number of sulfonamides is 1. The number of thiazole rings is 1. The van der Waals surface area contributed by atoms with Crippen molar-refractivity contribution in [3.05, 3.63) is 89.1 Å². The van der Waals surface area contributed by atoms with E-state index in [1.807, 2.05) is 48.8 Å². The zero-order chi connectivity index (χ0) is 42.6. The van der Waals surface area contributed by atoms with E-state index in [1.54, 1.807) is 18.2 Å². The van der Waals surface area contributed by atoms with E-state index in [0.29, 0.717) is 53.8 Å². The van der Waals surface area contributed by atoms with Crippen molar-refractivity contribution in [1.29, 1.82) is 0 Å². The minimum atomic E-state index is -4.47. The van der Waals surface area contributed by atoms with Gasteiger partial charge in [0.05, 0.1) is 15.5 Å². The van der Waals surface area contributed by atoms with Gasteiger partial charge in [0.2, 0.25) is 27.3 Å². The number of hydrogen-bond acceptors (Lipinski definition) is 12. The summed E-state index contributed by atoms with van der Waals surface area (Å²) in [7, 11) is -9.36. The SMILES string of the molecule is CN(C)S(=O)(=O)c1ccc2c(c1)sc(C=CC=CC=C1N(CCCCCC(=O)On3c(O)ccc3O)c3ccc(S(=O)(=O)O)cc3C1(C)C)[n+]2CCCCS(=O)(=O)O. The zero-order valence-electron chi connectivity index (χ0n) is 32.3. The van der Waals surface area contributed by atoms with Crippen LogP contribution in [0.2, 0.25) is 0 Å². The monoisotopic (exact) mass is 879 g/mol. The molecule has 20 heteroatoms. The van der Waals surface area contributed by atoms with E-state index in [-0.39, 0.29) is 28.4 Å². The van der Waals surface area contributed by atoms with Crippen LogP contribution in [0.4, 0.5) is 5.69 Å². The molecule has 0 saturated heterocycles. The molecule has 1 aliphatic rings. The third-order valence-corrected chi connectivity index (χ3v) is 14.2. The number of anilines is 1. The number of unbranched alkanes of at least 4 members (excludes halogenated alkanes) is 3. The van der Waals surface area contributed by atoms with Gasteiger partial charge in [-0.1, -0.05) is 49.8 Å². The third kappa shape index (κ3) is 10.3. The molecule has 0 amide bonds. The number of aryl methyl sites for hydroxylation is 1. The van der Waals surface area contributed by atoms with Crippen molar-refractivity contribution in [3.63, 3.8) is 0 Å². The Hall–Kier alpha value is -4.57. The Bertz CT molecular complexity index is 2590. The summed E-state index contributed by atoms with van der Waals surface area (Å²) in [5.41, 5.74) is 2.39. The van der Waals surface area contributed by atoms with Gasteiger partial charge >= 0.3 is 5.97 Å². The molecule has 4 aromatic rings. The lowest BCUT2D eigenvalue weighted by molar-refractivity contribution is -0.669. The second-order valence-electron chi connectivity index (χ2n) is 14.3. The second kappa shape index (κ2) is 17.7. The van der Waals surface area contributed by atoms with Crippen molar-refractivity contribution >= 4 is 69.5 Å². The summed E-state index contributed by atoms with van der Waals surface area (Å²) >= 11 is 1.37. The van der Waals surface area contributed by atoms with Gasteiger partial charge in [0.1, 0.15) is 4.70 Å². The molecule has 1 aliphatic heterocycles. The third-order valence-electron chi connectivity index (χ3n) is 9.64. The first-order valence-corrected chi connectivity index (χ1v) is 23.5. The molecule has 0 fully saturated rings. The maximum atomic E-state index is 12.8. The predicted molar refractivity (Wildman–Crippen MR) is 219 cm³/mol. The first kappa shape index (κ1) is 44.5. The molecule has 16 nitrogen and oxygen atoms in total. The number of aromatic nitrogens is 2. The molecule has 2 aromatic carbocycles. The van der Waals surface area contributed by atoms with E-state index in [0.717, 1.165) is 26.2 Å². The normalized spacial score (nSPS) is 15.4. The van der Waals surface area contributed by atoms with Crippen LogP contribution < -0.4 is 14.3 Å². The van der Waals surface area contributed by atoms with Gasteiger partial charge < -0.3 is 20.0 Å². The Morgan fingerprint density at radius 2 is 1.55 bits per heavy atom. The van der Waals surface area contributed by atoms with Gasteiger partial charge in [-0.25, -0.2) is 17.5 Å². The molecule has 0 saturated carbocycles. The molecule has 0 spiro atoms. The van der Waals surface area contributed by atoms with Crippen molar-refractivity contribution in [2.24, 2.45) is 0 Å². The summed E-state index contributed by atoms with van der Waals surface area (Å²) in [6.07, 6.45) is 11.7. The van der Waals surface area contributed by atoms with Crippen LogP contribution in [0.5, 0.6) is 11.8 Å². The first-order valence-electron chi connectivity index (χ1n) is 18.2. The van der Waals surface area contributed by atoms with Crippen LogP contribution >= 0.6 is 11.3 Å². The van der Waals surface area contributed by atoms with E-state index < -0.39 is 53.4 Å². The smallest absolute Gasteiger partial charge is 0.333 e. The maximum Gasteiger partial charge on any atom is 0.333 e. The highest BCUT2D eigenvalue weighted by atomic mass is 32.2. The highest BCUT2D eigenvalue weighted by Crippen LogP contribution is 2.48. The lowest BCUT2D eigenvalue weighted by Gasteiger charge is -2.27. The maximum absolute atomic E-state index is 12.8. The van der Waals surface area contributed by atoms with Crippen molar-refractivity contribution in [2.75, 3.05) is 31.3 Å². The molecule has 0 radical (unpaired) electrons. The number of benzene rings is 2. The Kier molecular flexibility index (Phi) is 13.6. The van der Waals surface area contributed by atoms with Gasteiger partial charge in [-0.3, -0.25) is 9.11 Å². The summed E-state index contributed by atoms with van der Waals surface area (Å²) in [4.78, 5) is 19.3. The van der Waals surface area contributed by atoms with Gasteiger partial charge in [-0.2, -0.15) is 21.4 Å². The molecule has 58 heavy (non-hydrogen) atoms. The standard InChI is InChI=1S/C38H46N4O12S4/c1-38(2)29-25-28(58(51,52)53)17-18-30(29)40(22-10-6-9-15-37(45)54-42-34(43)20-21-35(42)44)33(38)13-7-5-8-14-36-41(23-11-12-24-56(46,47)48)31-19-16-27(26-32(31)55-36)57(49,50)39(3)4/h5,7-8,13-14,16-21,25-26H,6,9-12,15,22-24H2,1-4H3,(H3-,43,44,46,47,48,51,52,53)/p+1. The van der Waals surface area contributed by atoms with Gasteiger partial charge in [-0.15, -0.1) is 4.73 Å². The van der Waals surface area contributed by atoms with Crippen LogP contribution in [0, 0.1) is 0 Å². The van der Waals surface area contributed by atoms with Crippen molar-refractivity contribution in [3.8, 4) is 11.8 Å². The molecule has 0 atom stereocenters. The lowest BCUT2D eigenvalue weighted by atomic mass is 9.83. The Morgan fingerprint density at radius 1 is 0.862 bits per heavy atom. The summed E-state index contributed by atoms with van der Waals surface area (Å²) in [5, 5.41) is 20.2.